The van der Waals surface area contributed by atoms with Crippen molar-refractivity contribution in [3.63, 3.8) is 0 Å². The summed E-state index contributed by atoms with van der Waals surface area (Å²) >= 11 is 0. The minimum absolute atomic E-state index is 0.0787. The standard InChI is InChI=1S/C21H18N2O2/c1-12-19(24)23-21(20(25)22-12)10-17-8-15-6-13-4-2-3-5-14(13)7-16(15)9-18(17)11-21/h2-9,12H,10-11H2,1H3,(H,22,25)(H,23,24)/t12-/m0/s1. The Labute approximate surface area is 145 Å². The van der Waals surface area contributed by atoms with Gasteiger partial charge in [-0.1, -0.05) is 36.4 Å². The van der Waals surface area contributed by atoms with E-state index in [4.69, 9.17) is 0 Å². The lowest BCUT2D eigenvalue weighted by Crippen LogP contribution is -2.69. The Morgan fingerprint density at radius 2 is 1.44 bits per heavy atom. The highest BCUT2D eigenvalue weighted by Crippen LogP contribution is 2.35. The predicted molar refractivity (Wildman–Crippen MR) is 97.3 cm³/mol. The maximum Gasteiger partial charge on any atom is 0.247 e. The third kappa shape index (κ3) is 2.07. The molecule has 3 aromatic carbocycles. The van der Waals surface area contributed by atoms with E-state index in [2.05, 4.69) is 47.0 Å². The van der Waals surface area contributed by atoms with E-state index in [1.807, 2.05) is 12.1 Å². The minimum atomic E-state index is -0.831. The van der Waals surface area contributed by atoms with Crippen molar-refractivity contribution in [3.8, 4) is 0 Å². The zero-order chi connectivity index (χ0) is 17.2. The highest BCUT2D eigenvalue weighted by molar-refractivity contribution is 6.02. The van der Waals surface area contributed by atoms with Crippen molar-refractivity contribution in [1.82, 2.24) is 10.6 Å². The van der Waals surface area contributed by atoms with Crippen LogP contribution in [-0.4, -0.2) is 23.4 Å². The summed E-state index contributed by atoms with van der Waals surface area (Å²) in [6, 6.07) is 16.6. The van der Waals surface area contributed by atoms with E-state index >= 15 is 0 Å². The number of carbonyl (C=O) groups excluding carboxylic acids is 2. The quantitative estimate of drug-likeness (QED) is 0.622. The molecule has 1 fully saturated rings. The van der Waals surface area contributed by atoms with Crippen LogP contribution in [0.15, 0.2) is 48.5 Å². The molecule has 4 nitrogen and oxygen atoms in total. The van der Waals surface area contributed by atoms with Gasteiger partial charge in [0.05, 0.1) is 0 Å². The van der Waals surface area contributed by atoms with Gasteiger partial charge in [-0.3, -0.25) is 9.59 Å². The molecule has 4 heteroatoms. The summed E-state index contributed by atoms with van der Waals surface area (Å²) in [5, 5.41) is 10.5. The number of rotatable bonds is 0. The summed E-state index contributed by atoms with van der Waals surface area (Å²) in [7, 11) is 0. The molecule has 2 amide bonds. The number of carbonyl (C=O) groups is 2. The summed E-state index contributed by atoms with van der Waals surface area (Å²) < 4.78 is 0. The summed E-state index contributed by atoms with van der Waals surface area (Å²) in [6.45, 7) is 1.71. The number of hydrogen-bond donors (Lipinski definition) is 2. The maximum absolute atomic E-state index is 12.6. The largest absolute Gasteiger partial charge is 0.343 e. The van der Waals surface area contributed by atoms with E-state index in [9.17, 15) is 9.59 Å². The van der Waals surface area contributed by atoms with Crippen LogP contribution in [0.1, 0.15) is 18.1 Å². The van der Waals surface area contributed by atoms with Crippen LogP contribution in [0.3, 0.4) is 0 Å². The fourth-order valence-corrected chi connectivity index (χ4v) is 4.18. The third-order valence-corrected chi connectivity index (χ3v) is 5.55. The summed E-state index contributed by atoms with van der Waals surface area (Å²) in [5.41, 5.74) is 1.46. The van der Waals surface area contributed by atoms with E-state index in [0.29, 0.717) is 12.8 Å². The molecule has 1 heterocycles. The molecule has 2 aliphatic rings. The molecule has 0 saturated carbocycles. The molecular weight excluding hydrogens is 312 g/mol. The lowest BCUT2D eigenvalue weighted by molar-refractivity contribution is -0.140. The number of benzene rings is 3. The lowest BCUT2D eigenvalue weighted by atomic mass is 9.91. The number of fused-ring (bicyclic) bond motifs is 3. The van der Waals surface area contributed by atoms with Gasteiger partial charge in [-0.15, -0.1) is 0 Å². The topological polar surface area (TPSA) is 58.2 Å². The second-order valence-corrected chi connectivity index (χ2v) is 7.29. The predicted octanol–water partition coefficient (Wildman–Crippen LogP) is 2.46. The molecule has 2 N–H and O–H groups in total. The van der Waals surface area contributed by atoms with Gasteiger partial charge < -0.3 is 10.6 Å². The zero-order valence-corrected chi connectivity index (χ0v) is 13.9. The van der Waals surface area contributed by atoms with Crippen molar-refractivity contribution in [3.05, 3.63) is 59.7 Å². The first-order valence-electron chi connectivity index (χ1n) is 8.61. The molecule has 5 rings (SSSR count). The monoisotopic (exact) mass is 330 g/mol. The van der Waals surface area contributed by atoms with Gasteiger partial charge in [-0.2, -0.15) is 0 Å². The number of nitrogens with one attached hydrogen (secondary N) is 2. The second-order valence-electron chi connectivity index (χ2n) is 7.29. The van der Waals surface area contributed by atoms with Gasteiger partial charge in [0.1, 0.15) is 11.6 Å². The molecule has 1 saturated heterocycles. The molecule has 3 aromatic rings. The SMILES string of the molecule is C[C@@H]1NC(=O)C2(Cc3cc4cc5ccccc5cc4cc3C2)NC1=O. The van der Waals surface area contributed by atoms with Crippen molar-refractivity contribution in [2.45, 2.75) is 31.3 Å². The van der Waals surface area contributed by atoms with Crippen molar-refractivity contribution < 1.29 is 9.59 Å². The molecule has 0 radical (unpaired) electrons. The van der Waals surface area contributed by atoms with Crippen LogP contribution in [0.2, 0.25) is 0 Å². The van der Waals surface area contributed by atoms with E-state index in [1.165, 1.54) is 21.5 Å². The molecule has 1 aliphatic carbocycles. The Kier molecular flexibility index (Phi) is 2.79. The number of amides is 2. The highest BCUT2D eigenvalue weighted by Gasteiger charge is 2.49. The van der Waals surface area contributed by atoms with E-state index in [0.717, 1.165) is 11.1 Å². The maximum atomic E-state index is 12.6. The Hall–Kier alpha value is -2.88. The zero-order valence-electron chi connectivity index (χ0n) is 13.9. The lowest BCUT2D eigenvalue weighted by Gasteiger charge is -2.36. The highest BCUT2D eigenvalue weighted by atomic mass is 16.2. The van der Waals surface area contributed by atoms with Crippen LogP contribution in [-0.2, 0) is 22.4 Å². The van der Waals surface area contributed by atoms with Crippen LogP contribution < -0.4 is 10.6 Å². The van der Waals surface area contributed by atoms with Gasteiger partial charge in [0, 0.05) is 12.8 Å². The Morgan fingerprint density at radius 3 is 2.00 bits per heavy atom. The average molecular weight is 330 g/mol. The van der Waals surface area contributed by atoms with Gasteiger partial charge >= 0.3 is 0 Å². The van der Waals surface area contributed by atoms with Gasteiger partial charge in [0.2, 0.25) is 11.8 Å². The fraction of sp³-hybridized carbons (Fsp3) is 0.238. The van der Waals surface area contributed by atoms with Crippen LogP contribution in [0.5, 0.6) is 0 Å². The van der Waals surface area contributed by atoms with Gasteiger partial charge in [-0.05, 0) is 51.7 Å². The van der Waals surface area contributed by atoms with Crippen LogP contribution >= 0.6 is 0 Å². The molecule has 1 spiro atoms. The normalized spacial score (nSPS) is 21.4. The van der Waals surface area contributed by atoms with E-state index in [1.54, 1.807) is 6.92 Å². The first-order chi connectivity index (χ1) is 12.0. The third-order valence-electron chi connectivity index (χ3n) is 5.55. The van der Waals surface area contributed by atoms with Crippen LogP contribution in [0, 0.1) is 0 Å². The van der Waals surface area contributed by atoms with Gasteiger partial charge in [0.15, 0.2) is 0 Å². The van der Waals surface area contributed by atoms with Crippen molar-refractivity contribution in [1.29, 1.82) is 0 Å². The number of piperazine rings is 1. The van der Waals surface area contributed by atoms with Crippen molar-refractivity contribution in [2.24, 2.45) is 0 Å². The molecule has 1 aliphatic heterocycles. The van der Waals surface area contributed by atoms with E-state index < -0.39 is 11.6 Å². The van der Waals surface area contributed by atoms with Crippen LogP contribution in [0.25, 0.3) is 21.5 Å². The Bertz CT molecular complexity index is 1010. The molecule has 1 atom stereocenters. The summed E-state index contributed by atoms with van der Waals surface area (Å²) in [4.78, 5) is 24.7. The smallest absolute Gasteiger partial charge is 0.247 e. The fourth-order valence-electron chi connectivity index (χ4n) is 4.18. The van der Waals surface area contributed by atoms with Gasteiger partial charge in [-0.25, -0.2) is 0 Å². The average Bonchev–Trinajstić information content (AvgIpc) is 2.94. The molecular formula is C21H18N2O2. The molecule has 124 valence electrons. The minimum Gasteiger partial charge on any atom is -0.343 e. The molecule has 0 bridgehead atoms. The molecule has 0 aromatic heterocycles. The van der Waals surface area contributed by atoms with Crippen LogP contribution in [0.4, 0.5) is 0 Å². The van der Waals surface area contributed by atoms with E-state index in [-0.39, 0.29) is 11.8 Å². The second kappa shape index (κ2) is 4.82. The Balaban J connectivity index is 1.62. The number of hydrogen-bond acceptors (Lipinski definition) is 2. The molecule has 25 heavy (non-hydrogen) atoms. The van der Waals surface area contributed by atoms with Crippen molar-refractivity contribution in [2.75, 3.05) is 0 Å². The molecule has 0 unspecified atom stereocenters. The first-order valence-corrected chi connectivity index (χ1v) is 8.61. The van der Waals surface area contributed by atoms with Gasteiger partial charge in [0.25, 0.3) is 0 Å². The summed E-state index contributed by atoms with van der Waals surface area (Å²) in [6.07, 6.45) is 1.10. The first kappa shape index (κ1) is 14.5. The summed E-state index contributed by atoms with van der Waals surface area (Å²) in [5.74, 6) is -0.187. The van der Waals surface area contributed by atoms with Crippen molar-refractivity contribution >= 4 is 33.4 Å². The Morgan fingerprint density at radius 1 is 0.880 bits per heavy atom.